The minimum atomic E-state index is -2.52. The molecule has 0 saturated carbocycles. The zero-order chi connectivity index (χ0) is 10.8. The summed E-state index contributed by atoms with van der Waals surface area (Å²) in [5, 5.41) is 18.3. The van der Waals surface area contributed by atoms with Crippen LogP contribution in [0.3, 0.4) is 0 Å². The van der Waals surface area contributed by atoms with Gasteiger partial charge in [-0.05, 0) is 17.7 Å². The standard InChI is InChI=1S/C9H13O4P/c1-14(2,12)13-6-7-3-8(10)5-9(11)4-7/h3-5,10-11H,6H2,1-2H3. The minimum absolute atomic E-state index is 0.0364. The summed E-state index contributed by atoms with van der Waals surface area (Å²) in [7, 11) is -2.52. The van der Waals surface area contributed by atoms with Crippen LogP contribution in [0.5, 0.6) is 11.5 Å². The second kappa shape index (κ2) is 4.03. The molecule has 0 aromatic heterocycles. The second-order valence-electron chi connectivity index (χ2n) is 3.38. The molecule has 0 radical (unpaired) electrons. The lowest BCUT2D eigenvalue weighted by molar-refractivity contribution is 0.308. The van der Waals surface area contributed by atoms with Crippen LogP contribution in [0.1, 0.15) is 5.56 Å². The highest BCUT2D eigenvalue weighted by Gasteiger charge is 2.08. The number of benzene rings is 1. The van der Waals surface area contributed by atoms with Crippen molar-refractivity contribution < 1.29 is 19.3 Å². The van der Waals surface area contributed by atoms with Gasteiger partial charge in [0.05, 0.1) is 6.61 Å². The Bertz CT molecular complexity index is 349. The molecule has 1 rings (SSSR count). The van der Waals surface area contributed by atoms with Crippen LogP contribution in [0.15, 0.2) is 18.2 Å². The van der Waals surface area contributed by atoms with Crippen molar-refractivity contribution in [3.8, 4) is 11.5 Å². The van der Waals surface area contributed by atoms with Gasteiger partial charge in [-0.1, -0.05) is 0 Å². The van der Waals surface area contributed by atoms with Crippen molar-refractivity contribution >= 4 is 7.37 Å². The van der Waals surface area contributed by atoms with E-state index in [9.17, 15) is 4.57 Å². The summed E-state index contributed by atoms with van der Waals surface area (Å²) in [5.74, 6) is -0.0729. The fraction of sp³-hybridized carbons (Fsp3) is 0.333. The summed E-state index contributed by atoms with van der Waals surface area (Å²) < 4.78 is 16.3. The van der Waals surface area contributed by atoms with Crippen LogP contribution in [0.2, 0.25) is 0 Å². The summed E-state index contributed by atoms with van der Waals surface area (Å²) in [6, 6.07) is 4.13. The Morgan fingerprint density at radius 1 is 1.21 bits per heavy atom. The first-order valence-electron chi connectivity index (χ1n) is 4.08. The molecule has 0 saturated heterocycles. The van der Waals surface area contributed by atoms with Crippen LogP contribution in [-0.4, -0.2) is 23.5 Å². The summed E-state index contributed by atoms with van der Waals surface area (Å²) >= 11 is 0. The van der Waals surface area contributed by atoms with E-state index in [1.807, 2.05) is 0 Å². The molecule has 0 unspecified atom stereocenters. The van der Waals surface area contributed by atoms with Crippen molar-refractivity contribution in [1.29, 1.82) is 0 Å². The monoisotopic (exact) mass is 216 g/mol. The fourth-order valence-electron chi connectivity index (χ4n) is 0.970. The number of phenolic OH excluding ortho intramolecular Hbond substituents is 2. The lowest BCUT2D eigenvalue weighted by Gasteiger charge is -2.08. The van der Waals surface area contributed by atoms with Gasteiger partial charge in [-0.3, -0.25) is 4.57 Å². The maximum absolute atomic E-state index is 11.2. The van der Waals surface area contributed by atoms with Crippen molar-refractivity contribution in [3.63, 3.8) is 0 Å². The average Bonchev–Trinajstić information content (AvgIpc) is 1.97. The molecule has 4 nitrogen and oxygen atoms in total. The number of hydrogen-bond acceptors (Lipinski definition) is 4. The SMILES string of the molecule is CP(C)(=O)OCc1cc(O)cc(O)c1. The Hall–Kier alpha value is -0.990. The predicted octanol–water partition coefficient (Wildman–Crippen LogP) is 2.15. The third-order valence-electron chi connectivity index (χ3n) is 1.50. The maximum Gasteiger partial charge on any atom is 0.197 e. The highest BCUT2D eigenvalue weighted by Crippen LogP contribution is 2.38. The topological polar surface area (TPSA) is 66.8 Å². The Labute approximate surface area is 82.6 Å². The van der Waals surface area contributed by atoms with E-state index in [0.29, 0.717) is 5.56 Å². The Kier molecular flexibility index (Phi) is 3.19. The highest BCUT2D eigenvalue weighted by atomic mass is 31.2. The van der Waals surface area contributed by atoms with E-state index in [2.05, 4.69) is 0 Å². The quantitative estimate of drug-likeness (QED) is 0.759. The van der Waals surface area contributed by atoms with E-state index >= 15 is 0 Å². The van der Waals surface area contributed by atoms with E-state index in [0.717, 1.165) is 0 Å². The van der Waals surface area contributed by atoms with Gasteiger partial charge in [0.15, 0.2) is 7.37 Å². The number of hydrogen-bond donors (Lipinski definition) is 2. The molecule has 78 valence electrons. The van der Waals surface area contributed by atoms with E-state index in [1.165, 1.54) is 31.5 Å². The first-order valence-corrected chi connectivity index (χ1v) is 6.60. The van der Waals surface area contributed by atoms with Crippen LogP contribution in [0.25, 0.3) is 0 Å². The van der Waals surface area contributed by atoms with Crippen LogP contribution in [0, 0.1) is 0 Å². The van der Waals surface area contributed by atoms with Gasteiger partial charge in [0.2, 0.25) is 0 Å². The van der Waals surface area contributed by atoms with Crippen LogP contribution < -0.4 is 0 Å². The molecule has 2 N–H and O–H groups in total. The summed E-state index contributed by atoms with van der Waals surface area (Å²) in [5.41, 5.74) is 0.589. The van der Waals surface area contributed by atoms with Gasteiger partial charge in [0.25, 0.3) is 0 Å². The first-order chi connectivity index (χ1) is 6.37. The van der Waals surface area contributed by atoms with Crippen molar-refractivity contribution in [2.24, 2.45) is 0 Å². The molecule has 0 aliphatic rings. The lowest BCUT2D eigenvalue weighted by atomic mass is 10.2. The first kappa shape index (κ1) is 11.1. The average molecular weight is 216 g/mol. The molecule has 0 aliphatic heterocycles. The molecule has 0 spiro atoms. The van der Waals surface area contributed by atoms with Crippen LogP contribution >= 0.6 is 7.37 Å². The largest absolute Gasteiger partial charge is 0.508 e. The maximum atomic E-state index is 11.2. The smallest absolute Gasteiger partial charge is 0.197 e. The molecule has 0 bridgehead atoms. The number of phenols is 2. The summed E-state index contributed by atoms with van der Waals surface area (Å²) in [6.07, 6.45) is 0. The summed E-state index contributed by atoms with van der Waals surface area (Å²) in [4.78, 5) is 0. The molecular formula is C9H13O4P. The zero-order valence-electron chi connectivity index (χ0n) is 8.10. The van der Waals surface area contributed by atoms with Gasteiger partial charge in [-0.2, -0.15) is 0 Å². The number of aromatic hydroxyl groups is 2. The Balaban J connectivity index is 2.73. The van der Waals surface area contributed by atoms with Gasteiger partial charge >= 0.3 is 0 Å². The molecule has 5 heteroatoms. The van der Waals surface area contributed by atoms with Gasteiger partial charge in [0, 0.05) is 19.4 Å². The van der Waals surface area contributed by atoms with E-state index in [-0.39, 0.29) is 18.1 Å². The molecule has 0 fully saturated rings. The molecule has 1 aromatic carbocycles. The fourth-order valence-corrected chi connectivity index (χ4v) is 1.43. The van der Waals surface area contributed by atoms with E-state index in [4.69, 9.17) is 14.7 Å². The highest BCUT2D eigenvalue weighted by molar-refractivity contribution is 7.57. The molecule has 0 atom stereocenters. The van der Waals surface area contributed by atoms with E-state index in [1.54, 1.807) is 0 Å². The van der Waals surface area contributed by atoms with Crippen molar-refractivity contribution in [3.05, 3.63) is 23.8 Å². The molecule has 0 aliphatic carbocycles. The third-order valence-corrected chi connectivity index (χ3v) is 2.26. The molecule has 1 aromatic rings. The van der Waals surface area contributed by atoms with Crippen LogP contribution in [-0.2, 0) is 15.7 Å². The van der Waals surface area contributed by atoms with Crippen molar-refractivity contribution in [2.75, 3.05) is 13.3 Å². The molecule has 0 heterocycles. The predicted molar refractivity (Wildman–Crippen MR) is 54.0 cm³/mol. The molecular weight excluding hydrogens is 203 g/mol. The minimum Gasteiger partial charge on any atom is -0.508 e. The van der Waals surface area contributed by atoms with Crippen LogP contribution in [0.4, 0.5) is 0 Å². The Morgan fingerprint density at radius 2 is 1.71 bits per heavy atom. The van der Waals surface area contributed by atoms with Gasteiger partial charge in [-0.15, -0.1) is 0 Å². The molecule has 0 amide bonds. The summed E-state index contributed by atoms with van der Waals surface area (Å²) in [6.45, 7) is 3.14. The van der Waals surface area contributed by atoms with Gasteiger partial charge < -0.3 is 14.7 Å². The second-order valence-corrected chi connectivity index (χ2v) is 6.15. The van der Waals surface area contributed by atoms with Crippen molar-refractivity contribution in [2.45, 2.75) is 6.61 Å². The van der Waals surface area contributed by atoms with Crippen molar-refractivity contribution in [1.82, 2.24) is 0 Å². The van der Waals surface area contributed by atoms with E-state index < -0.39 is 7.37 Å². The molecule has 14 heavy (non-hydrogen) atoms. The van der Waals surface area contributed by atoms with Gasteiger partial charge in [0.1, 0.15) is 11.5 Å². The normalized spacial score (nSPS) is 11.6. The van der Waals surface area contributed by atoms with Gasteiger partial charge in [-0.25, -0.2) is 0 Å². The number of rotatable bonds is 3. The third kappa shape index (κ3) is 3.81. The lowest BCUT2D eigenvalue weighted by Crippen LogP contribution is -1.89. The zero-order valence-corrected chi connectivity index (χ0v) is 8.99. The Morgan fingerprint density at radius 3 is 2.14 bits per heavy atom.